The highest BCUT2D eigenvalue weighted by Crippen LogP contribution is 2.35. The lowest BCUT2D eigenvalue weighted by Gasteiger charge is -2.45. The average molecular weight is 323 g/mol. The number of hydrogen-bond acceptors (Lipinski definition) is 5. The molecule has 0 bridgehead atoms. The van der Waals surface area contributed by atoms with Crippen LogP contribution in [-0.4, -0.2) is 59.2 Å². The lowest BCUT2D eigenvalue weighted by Crippen LogP contribution is -2.53. The molecule has 3 N–H and O–H groups in total. The summed E-state index contributed by atoms with van der Waals surface area (Å²) in [6.07, 6.45) is 2.06. The molecule has 2 atom stereocenters. The number of hydrogen-bond donors (Lipinski definition) is 3. The summed E-state index contributed by atoms with van der Waals surface area (Å²) in [5.74, 6) is 0.760. The van der Waals surface area contributed by atoms with Gasteiger partial charge in [0.25, 0.3) is 0 Å². The highest BCUT2D eigenvalue weighted by Gasteiger charge is 2.41. The largest absolute Gasteiger partial charge is 0.491 e. The van der Waals surface area contributed by atoms with Gasteiger partial charge in [-0.05, 0) is 30.5 Å². The second kappa shape index (κ2) is 8.64. The van der Waals surface area contributed by atoms with E-state index in [2.05, 4.69) is 17.9 Å². The number of piperidine rings is 1. The van der Waals surface area contributed by atoms with Crippen LogP contribution in [0.5, 0.6) is 5.75 Å². The van der Waals surface area contributed by atoms with E-state index in [1.54, 1.807) is 0 Å². The number of ether oxygens (including phenoxy) is 1. The number of likely N-dealkylation sites (tertiary alicyclic amines) is 1. The lowest BCUT2D eigenvalue weighted by molar-refractivity contribution is -0.0819. The van der Waals surface area contributed by atoms with Crippen molar-refractivity contribution in [3.05, 3.63) is 29.8 Å². The Bertz CT molecular complexity index is 482. The van der Waals surface area contributed by atoms with Crippen molar-refractivity contribution < 1.29 is 20.1 Å². The molecule has 1 aromatic rings. The highest BCUT2D eigenvalue weighted by atomic mass is 16.5. The van der Waals surface area contributed by atoms with Gasteiger partial charge in [-0.25, -0.2) is 0 Å². The van der Waals surface area contributed by atoms with Crippen LogP contribution < -0.4 is 4.74 Å². The fourth-order valence-electron chi connectivity index (χ4n) is 3.51. The molecular formula is C18H29NO4. The van der Waals surface area contributed by atoms with Crippen molar-refractivity contribution in [2.45, 2.75) is 38.8 Å². The molecule has 2 rings (SSSR count). The van der Waals surface area contributed by atoms with Gasteiger partial charge >= 0.3 is 0 Å². The van der Waals surface area contributed by atoms with Gasteiger partial charge in [0.05, 0.1) is 19.3 Å². The molecule has 1 heterocycles. The van der Waals surface area contributed by atoms with Crippen LogP contribution in [0.2, 0.25) is 0 Å². The van der Waals surface area contributed by atoms with Gasteiger partial charge in [0.1, 0.15) is 12.4 Å². The van der Waals surface area contributed by atoms with Crippen molar-refractivity contribution >= 4 is 0 Å². The number of aliphatic hydroxyl groups excluding tert-OH is 3. The quantitative estimate of drug-likeness (QED) is 0.674. The predicted molar refractivity (Wildman–Crippen MR) is 89.4 cm³/mol. The van der Waals surface area contributed by atoms with E-state index in [-0.39, 0.29) is 13.2 Å². The van der Waals surface area contributed by atoms with Crippen molar-refractivity contribution in [3.63, 3.8) is 0 Å². The molecule has 23 heavy (non-hydrogen) atoms. The summed E-state index contributed by atoms with van der Waals surface area (Å²) in [5, 5.41) is 29.0. The maximum Gasteiger partial charge on any atom is 0.119 e. The molecular weight excluding hydrogens is 294 g/mol. The van der Waals surface area contributed by atoms with E-state index >= 15 is 0 Å². The van der Waals surface area contributed by atoms with Crippen LogP contribution in [0, 0.1) is 5.41 Å². The Morgan fingerprint density at radius 1 is 1.35 bits per heavy atom. The van der Waals surface area contributed by atoms with Gasteiger partial charge in [0.2, 0.25) is 0 Å². The van der Waals surface area contributed by atoms with Crippen molar-refractivity contribution in [2.24, 2.45) is 5.41 Å². The van der Waals surface area contributed by atoms with Crippen LogP contribution in [-0.2, 0) is 6.54 Å². The first kappa shape index (κ1) is 18.2. The summed E-state index contributed by atoms with van der Waals surface area (Å²) in [6, 6.07) is 7.87. The number of rotatable bonds is 8. The maximum atomic E-state index is 10.3. The zero-order chi connectivity index (χ0) is 16.7. The van der Waals surface area contributed by atoms with E-state index in [0.29, 0.717) is 19.6 Å². The van der Waals surface area contributed by atoms with Gasteiger partial charge in [-0.2, -0.15) is 0 Å². The van der Waals surface area contributed by atoms with E-state index < -0.39 is 11.5 Å². The van der Waals surface area contributed by atoms with Crippen molar-refractivity contribution in [2.75, 3.05) is 32.9 Å². The zero-order valence-corrected chi connectivity index (χ0v) is 13.9. The van der Waals surface area contributed by atoms with E-state index in [0.717, 1.165) is 37.2 Å². The van der Waals surface area contributed by atoms with Gasteiger partial charge in [0.15, 0.2) is 0 Å². The first-order valence-electron chi connectivity index (χ1n) is 8.47. The third kappa shape index (κ3) is 4.67. The van der Waals surface area contributed by atoms with E-state index in [1.807, 2.05) is 18.2 Å². The Morgan fingerprint density at radius 2 is 2.17 bits per heavy atom. The molecule has 1 saturated heterocycles. The molecule has 0 unspecified atom stereocenters. The maximum absolute atomic E-state index is 10.3. The third-order valence-electron chi connectivity index (χ3n) is 4.69. The third-order valence-corrected chi connectivity index (χ3v) is 4.69. The standard InChI is InChI=1S/C18H29NO4/c1-2-7-18(14-21)13-19(8-6-17(18)22)12-15-4-3-5-16(11-15)23-10-9-20/h3-5,11,17,20-22H,2,6-10,12-14H2,1H3/t17-,18+/m1/s1. The smallest absolute Gasteiger partial charge is 0.119 e. The summed E-state index contributed by atoms with van der Waals surface area (Å²) in [5.41, 5.74) is 0.734. The summed E-state index contributed by atoms with van der Waals surface area (Å²) in [4.78, 5) is 2.30. The first-order chi connectivity index (χ1) is 11.1. The van der Waals surface area contributed by atoms with Crippen LogP contribution >= 0.6 is 0 Å². The average Bonchev–Trinajstić information content (AvgIpc) is 2.56. The van der Waals surface area contributed by atoms with Crippen LogP contribution in [0.3, 0.4) is 0 Å². The summed E-state index contributed by atoms with van der Waals surface area (Å²) >= 11 is 0. The molecule has 130 valence electrons. The Kier molecular flexibility index (Phi) is 6.84. The molecule has 0 aromatic heterocycles. The van der Waals surface area contributed by atoms with Crippen LogP contribution in [0.15, 0.2) is 24.3 Å². The van der Waals surface area contributed by atoms with Crippen molar-refractivity contribution in [1.82, 2.24) is 4.90 Å². The molecule has 5 heteroatoms. The van der Waals surface area contributed by atoms with Gasteiger partial charge in [-0.15, -0.1) is 0 Å². The highest BCUT2D eigenvalue weighted by molar-refractivity contribution is 5.28. The Balaban J connectivity index is 2.02. The molecule has 0 amide bonds. The molecule has 1 aliphatic rings. The Hall–Kier alpha value is -1.14. The van der Waals surface area contributed by atoms with E-state index in [1.165, 1.54) is 0 Å². The van der Waals surface area contributed by atoms with E-state index in [9.17, 15) is 10.2 Å². The fraction of sp³-hybridized carbons (Fsp3) is 0.667. The Morgan fingerprint density at radius 3 is 2.87 bits per heavy atom. The van der Waals surface area contributed by atoms with Gasteiger partial charge in [-0.1, -0.05) is 25.5 Å². The van der Waals surface area contributed by atoms with Crippen molar-refractivity contribution in [3.8, 4) is 5.75 Å². The number of nitrogens with zero attached hydrogens (tertiary/aromatic N) is 1. The fourth-order valence-corrected chi connectivity index (χ4v) is 3.51. The Labute approximate surface area is 138 Å². The van der Waals surface area contributed by atoms with Gasteiger partial charge in [-0.3, -0.25) is 4.90 Å². The number of aliphatic hydroxyl groups is 3. The second-order valence-corrected chi connectivity index (χ2v) is 6.51. The molecule has 0 spiro atoms. The minimum Gasteiger partial charge on any atom is -0.491 e. The summed E-state index contributed by atoms with van der Waals surface area (Å²) in [6.45, 7) is 4.72. The van der Waals surface area contributed by atoms with Crippen LogP contribution in [0.25, 0.3) is 0 Å². The molecule has 0 aliphatic carbocycles. The van der Waals surface area contributed by atoms with Crippen LogP contribution in [0.1, 0.15) is 31.7 Å². The molecule has 5 nitrogen and oxygen atoms in total. The minimum atomic E-state index is -0.428. The normalized spacial score (nSPS) is 25.5. The second-order valence-electron chi connectivity index (χ2n) is 6.51. The molecule has 1 aromatic carbocycles. The topological polar surface area (TPSA) is 73.2 Å². The van der Waals surface area contributed by atoms with Crippen LogP contribution in [0.4, 0.5) is 0 Å². The lowest BCUT2D eigenvalue weighted by atomic mass is 9.74. The molecule has 0 saturated carbocycles. The monoisotopic (exact) mass is 323 g/mol. The molecule has 1 aliphatic heterocycles. The first-order valence-corrected chi connectivity index (χ1v) is 8.47. The SMILES string of the molecule is CCC[C@@]1(CO)CN(Cc2cccc(OCCO)c2)CC[C@H]1O. The van der Waals surface area contributed by atoms with E-state index in [4.69, 9.17) is 9.84 Å². The predicted octanol–water partition coefficient (Wildman–Crippen LogP) is 1.40. The van der Waals surface area contributed by atoms with Crippen molar-refractivity contribution in [1.29, 1.82) is 0 Å². The summed E-state index contributed by atoms with van der Waals surface area (Å²) in [7, 11) is 0. The summed E-state index contributed by atoms with van der Waals surface area (Å²) < 4.78 is 5.45. The van der Waals surface area contributed by atoms with Gasteiger partial charge < -0.3 is 20.1 Å². The molecule has 0 radical (unpaired) electrons. The zero-order valence-electron chi connectivity index (χ0n) is 13.9. The minimum absolute atomic E-state index is 0.00424. The molecule has 1 fully saturated rings. The number of benzene rings is 1. The van der Waals surface area contributed by atoms with Gasteiger partial charge in [0, 0.05) is 25.0 Å².